The van der Waals surface area contributed by atoms with E-state index in [9.17, 15) is 47.3 Å². The number of halogens is 3. The molecule has 444 valence electrons. The molecule has 0 bridgehead atoms. The van der Waals surface area contributed by atoms with Crippen LogP contribution in [0.2, 0.25) is 19.6 Å². The lowest BCUT2D eigenvalue weighted by atomic mass is 10.0. The summed E-state index contributed by atoms with van der Waals surface area (Å²) in [6, 6.07) is 18.2. The van der Waals surface area contributed by atoms with Crippen molar-refractivity contribution < 1.29 is 75.6 Å². The molecule has 2 fully saturated rings. The first-order valence-corrected chi connectivity index (χ1v) is 35.8. The van der Waals surface area contributed by atoms with Crippen molar-refractivity contribution in [1.82, 2.24) is 39.4 Å². The average Bonchev–Trinajstić information content (AvgIpc) is 2.40. The fourth-order valence-corrected chi connectivity index (χ4v) is 11.3. The minimum Gasteiger partial charge on any atom is -0.505 e. The van der Waals surface area contributed by atoms with Crippen LogP contribution in [-0.4, -0.2) is 182 Å². The number of nitrogens with zero attached hydrogens (tertiary/aromatic N) is 8. The van der Waals surface area contributed by atoms with Gasteiger partial charge in [-0.15, -0.1) is 15.3 Å². The number of phenols is 2. The Morgan fingerprint density at radius 3 is 1.33 bits per heavy atom. The first kappa shape index (κ1) is 62.6. The van der Waals surface area contributed by atoms with Crippen molar-refractivity contribution in [3.05, 3.63) is 130 Å². The molecular formula is C55H65BrF2N8O14P2Si. The summed E-state index contributed by atoms with van der Waals surface area (Å²) in [4.78, 5) is 89.7. The van der Waals surface area contributed by atoms with Gasteiger partial charge in [0.25, 0.3) is 11.8 Å². The number of hydrogen-bond acceptors (Lipinski definition) is 16. The second kappa shape index (κ2) is 26.6. The van der Waals surface area contributed by atoms with Gasteiger partial charge in [0, 0.05) is 127 Å². The van der Waals surface area contributed by atoms with E-state index in [-0.39, 0.29) is 96.0 Å². The Morgan fingerprint density at radius 2 is 0.976 bits per heavy atom. The lowest BCUT2D eigenvalue weighted by Gasteiger charge is -2.34. The molecule has 4 amide bonds. The molecule has 22 nitrogen and oxygen atoms in total. The molecule has 0 unspecified atom stereocenters. The maximum atomic E-state index is 13.4. The smallest absolute Gasteiger partial charge is 0.415 e. The highest BCUT2D eigenvalue weighted by Crippen LogP contribution is 2.47. The number of pyridine rings is 2. The molecule has 0 saturated carbocycles. The zero-order valence-corrected chi connectivity index (χ0v) is 50.7. The molecule has 4 aliphatic heterocycles. The predicted octanol–water partition coefficient (Wildman–Crippen LogP) is 8.58. The number of aromatic hydroxyl groups is 2. The van der Waals surface area contributed by atoms with Crippen LogP contribution in [0.4, 0.5) is 18.4 Å². The van der Waals surface area contributed by atoms with Crippen molar-refractivity contribution in [2.45, 2.75) is 45.8 Å². The standard InChI is InChI=1S/C27H30FN4O7P.C25H26FN4O7P.C3H9BrSi/c1-37-40(36,38-2)15-14-30-10-12-31(13-11-30)27(35)39-25-20-4-3-9-29-23(20)24(33)22-21(25)17-32(26(22)34)16-18-5-7-19(28)8-6-18;26-17-5-3-16(4-6-17)14-30-15-19-20(24(30)32)22(31)21-18(2-1-7-27-21)23(19)37-25(33)29-10-8-28(9-11-29)12-13-38(34,35)36;1-5(2,3)4/h3-9,33H,10-17H2,1-2H3;1-7,31H,8-15H2,(H2,34,35,36);1-3H3. The largest absolute Gasteiger partial charge is 0.505 e. The Hall–Kier alpha value is -6.44. The molecule has 10 rings (SSSR count). The lowest BCUT2D eigenvalue weighted by molar-refractivity contribution is 0.0757. The maximum absolute atomic E-state index is 13.4. The van der Waals surface area contributed by atoms with E-state index in [1.807, 2.05) is 4.90 Å². The third-order valence-electron chi connectivity index (χ3n) is 14.0. The molecule has 4 aliphatic rings. The number of ether oxygens (including phenoxy) is 2. The first-order chi connectivity index (χ1) is 39.3. The molecule has 2 saturated heterocycles. The molecule has 28 heteroatoms. The van der Waals surface area contributed by atoms with E-state index in [4.69, 9.17) is 28.3 Å². The van der Waals surface area contributed by atoms with Gasteiger partial charge < -0.3 is 58.1 Å². The number of benzene rings is 4. The molecule has 83 heavy (non-hydrogen) atoms. The highest BCUT2D eigenvalue weighted by Gasteiger charge is 2.39. The van der Waals surface area contributed by atoms with E-state index < -0.39 is 51.7 Å². The van der Waals surface area contributed by atoms with Gasteiger partial charge in [0.2, 0.25) is 0 Å². The fourth-order valence-electron chi connectivity index (χ4n) is 9.75. The highest BCUT2D eigenvalue weighted by molar-refractivity contribution is 9.26. The fraction of sp³-hybridized carbons (Fsp3) is 0.382. The summed E-state index contributed by atoms with van der Waals surface area (Å²) in [7, 11) is -4.52. The van der Waals surface area contributed by atoms with E-state index in [2.05, 4.69) is 49.8 Å². The van der Waals surface area contributed by atoms with Crippen LogP contribution in [0.5, 0.6) is 23.0 Å². The van der Waals surface area contributed by atoms with Crippen LogP contribution in [0.3, 0.4) is 0 Å². The van der Waals surface area contributed by atoms with Crippen LogP contribution in [0, 0.1) is 11.6 Å². The summed E-state index contributed by atoms with van der Waals surface area (Å²) < 4.78 is 71.9. The maximum Gasteiger partial charge on any atom is 0.415 e. The number of hydrogen-bond donors (Lipinski definition) is 4. The van der Waals surface area contributed by atoms with Gasteiger partial charge >= 0.3 is 27.4 Å². The molecule has 4 N–H and O–H groups in total. The number of carbonyl (C=O) groups excluding carboxylic acids is 4. The number of carbonyl (C=O) groups is 4. The number of fused-ring (bicyclic) bond motifs is 4. The van der Waals surface area contributed by atoms with Gasteiger partial charge in [-0.2, -0.15) is 0 Å². The predicted molar refractivity (Wildman–Crippen MR) is 311 cm³/mol. The molecular weight excluding hydrogens is 1200 g/mol. The zero-order chi connectivity index (χ0) is 60.0. The van der Waals surface area contributed by atoms with E-state index in [0.29, 0.717) is 91.9 Å². The Kier molecular flexibility index (Phi) is 20.1. The lowest BCUT2D eigenvalue weighted by Crippen LogP contribution is -2.50. The molecule has 0 spiro atoms. The second-order valence-electron chi connectivity index (χ2n) is 21.0. The number of rotatable bonds is 14. The third-order valence-corrected chi connectivity index (χ3v) is 16.7. The van der Waals surface area contributed by atoms with Gasteiger partial charge in [0.05, 0.1) is 36.5 Å². The van der Waals surface area contributed by atoms with Gasteiger partial charge in [-0.1, -0.05) is 43.9 Å². The van der Waals surface area contributed by atoms with Crippen molar-refractivity contribution in [1.29, 1.82) is 0 Å². The number of amides is 4. The van der Waals surface area contributed by atoms with E-state index in [1.165, 1.54) is 65.6 Å². The topological polar surface area (TPSA) is 265 Å². The Bertz CT molecular complexity index is 3460. The number of phenolic OH excluding ortho intramolecular Hbond substituents is 2. The molecule has 0 atom stereocenters. The highest BCUT2D eigenvalue weighted by atomic mass is 79.9. The van der Waals surface area contributed by atoms with Crippen molar-refractivity contribution in [3.8, 4) is 23.0 Å². The summed E-state index contributed by atoms with van der Waals surface area (Å²) in [6.07, 6.45) is 1.72. The van der Waals surface area contributed by atoms with Gasteiger partial charge in [0.15, 0.2) is 11.5 Å². The minimum atomic E-state index is -4.10. The summed E-state index contributed by atoms with van der Waals surface area (Å²) in [5.41, 5.74) is 2.53. The van der Waals surface area contributed by atoms with Crippen LogP contribution in [0.15, 0.2) is 85.2 Å². The summed E-state index contributed by atoms with van der Waals surface area (Å²) in [5, 5.41) is 22.7. The van der Waals surface area contributed by atoms with Gasteiger partial charge in [-0.05, 0) is 59.7 Å². The molecule has 6 heterocycles. The quantitative estimate of drug-likeness (QED) is 0.0452. The van der Waals surface area contributed by atoms with Crippen LogP contribution in [-0.2, 0) is 44.4 Å². The van der Waals surface area contributed by atoms with Crippen molar-refractivity contribution in [3.63, 3.8) is 0 Å². The summed E-state index contributed by atoms with van der Waals surface area (Å²) in [5.74, 6) is -1.89. The zero-order valence-electron chi connectivity index (χ0n) is 46.4. The van der Waals surface area contributed by atoms with Crippen molar-refractivity contribution >= 4 is 83.0 Å². The van der Waals surface area contributed by atoms with Crippen LogP contribution < -0.4 is 9.47 Å². The average molecular weight is 1270 g/mol. The van der Waals surface area contributed by atoms with Crippen LogP contribution >= 0.6 is 30.5 Å². The molecule has 0 radical (unpaired) electrons. The van der Waals surface area contributed by atoms with Crippen LogP contribution in [0.1, 0.15) is 43.0 Å². The molecule has 0 aliphatic carbocycles. The normalized spacial score (nSPS) is 15.9. The Balaban J connectivity index is 0.000000201. The minimum absolute atomic E-state index is 0.0170. The molecule has 4 aromatic carbocycles. The summed E-state index contributed by atoms with van der Waals surface area (Å²) in [6.45, 7) is 10.5. The van der Waals surface area contributed by atoms with E-state index in [1.54, 1.807) is 53.4 Å². The monoisotopic (exact) mass is 1270 g/mol. The van der Waals surface area contributed by atoms with Gasteiger partial charge in [-0.3, -0.25) is 38.5 Å². The summed E-state index contributed by atoms with van der Waals surface area (Å²) >= 11 is 3.51. The Morgan fingerprint density at radius 1 is 0.614 bits per heavy atom. The molecule has 6 aromatic rings. The van der Waals surface area contributed by atoms with Crippen molar-refractivity contribution in [2.75, 3.05) is 92.0 Å². The first-order valence-electron chi connectivity index (χ1n) is 26.5. The van der Waals surface area contributed by atoms with E-state index in [0.717, 1.165) is 0 Å². The van der Waals surface area contributed by atoms with Crippen molar-refractivity contribution in [2.24, 2.45) is 0 Å². The molecule has 2 aromatic heterocycles. The van der Waals surface area contributed by atoms with E-state index >= 15 is 0 Å². The second-order valence-corrected chi connectivity index (χ2v) is 36.4. The number of piperazine rings is 2. The van der Waals surface area contributed by atoms with Gasteiger partial charge in [-0.25, -0.2) is 18.4 Å². The van der Waals surface area contributed by atoms with Gasteiger partial charge in [0.1, 0.15) is 40.9 Å². The SMILES string of the molecule is COP(=O)(CCN1CCN(C(=O)Oc2c3c(c(O)c4ncccc24)C(=O)N(Cc2ccc(F)cc2)C3)CC1)OC.C[Si](C)(C)Br.O=C(Oc1c2c(c(O)c3ncccc13)C(=O)N(Cc1ccc(F)cc1)C2)N1CCN(CCP(=O)(O)O)CC1. The Labute approximate surface area is 486 Å². The van der Waals surface area contributed by atoms with Crippen LogP contribution in [0.25, 0.3) is 21.8 Å². The third kappa shape index (κ3) is 15.7. The number of aromatic nitrogens is 2.